The van der Waals surface area contributed by atoms with Crippen LogP contribution in [0.2, 0.25) is 0 Å². The molecule has 1 aliphatic heterocycles. The van der Waals surface area contributed by atoms with Crippen molar-refractivity contribution in [2.45, 2.75) is 84.3 Å². The molecule has 0 amide bonds. The van der Waals surface area contributed by atoms with E-state index in [1.807, 2.05) is 0 Å². The molecule has 1 fully saturated rings. The van der Waals surface area contributed by atoms with Crippen LogP contribution in [0, 0.1) is 5.92 Å². The molecule has 0 aromatic carbocycles. The first-order valence-electron chi connectivity index (χ1n) is 7.52. The van der Waals surface area contributed by atoms with Gasteiger partial charge in [-0.15, -0.1) is 0 Å². The minimum atomic E-state index is 0.370. The molecule has 1 heterocycles. The molecular weight excluding hydrogens is 208 g/mol. The standard InChI is InChI=1S/C15H32N2/c1-12(7-5-8-13(2)16)11-17-14(3)9-6-10-15(17)4/h12-15H,5-11,16H2,1-4H3/t12?,13?,14-,15+. The van der Waals surface area contributed by atoms with Crippen molar-refractivity contribution in [3.05, 3.63) is 0 Å². The van der Waals surface area contributed by atoms with Gasteiger partial charge in [-0.1, -0.05) is 19.8 Å². The predicted octanol–water partition coefficient (Wildman–Crippen LogP) is 3.40. The van der Waals surface area contributed by atoms with Crippen molar-refractivity contribution < 1.29 is 0 Å². The van der Waals surface area contributed by atoms with Crippen LogP contribution in [0.1, 0.15) is 66.2 Å². The van der Waals surface area contributed by atoms with Gasteiger partial charge in [0, 0.05) is 24.7 Å². The molecule has 2 heteroatoms. The molecule has 0 aliphatic carbocycles. The van der Waals surface area contributed by atoms with Crippen molar-refractivity contribution in [1.82, 2.24) is 4.90 Å². The first kappa shape index (κ1) is 15.0. The molecule has 0 aromatic heterocycles. The average Bonchev–Trinajstić information content (AvgIpc) is 2.23. The molecule has 102 valence electrons. The van der Waals surface area contributed by atoms with Crippen LogP contribution in [0.5, 0.6) is 0 Å². The lowest BCUT2D eigenvalue weighted by Crippen LogP contribution is -2.45. The summed E-state index contributed by atoms with van der Waals surface area (Å²) in [5.74, 6) is 0.816. The molecule has 2 unspecified atom stereocenters. The summed E-state index contributed by atoms with van der Waals surface area (Å²) in [6.07, 6.45) is 7.98. The lowest BCUT2D eigenvalue weighted by atomic mass is 9.94. The first-order valence-corrected chi connectivity index (χ1v) is 7.52. The fourth-order valence-electron chi connectivity index (χ4n) is 3.07. The summed E-state index contributed by atoms with van der Waals surface area (Å²) in [5.41, 5.74) is 5.80. The third kappa shape index (κ3) is 5.39. The summed E-state index contributed by atoms with van der Waals surface area (Å²) in [5, 5.41) is 0. The van der Waals surface area contributed by atoms with E-state index in [2.05, 4.69) is 32.6 Å². The number of nitrogens with zero attached hydrogens (tertiary/aromatic N) is 1. The third-order valence-corrected chi connectivity index (χ3v) is 4.25. The van der Waals surface area contributed by atoms with E-state index in [0.717, 1.165) is 18.0 Å². The van der Waals surface area contributed by atoms with Crippen LogP contribution in [-0.2, 0) is 0 Å². The largest absolute Gasteiger partial charge is 0.328 e. The van der Waals surface area contributed by atoms with Gasteiger partial charge in [-0.05, 0) is 52.4 Å². The number of nitrogens with two attached hydrogens (primary N) is 1. The average molecular weight is 240 g/mol. The highest BCUT2D eigenvalue weighted by Crippen LogP contribution is 2.24. The minimum Gasteiger partial charge on any atom is -0.328 e. The van der Waals surface area contributed by atoms with Crippen molar-refractivity contribution >= 4 is 0 Å². The van der Waals surface area contributed by atoms with E-state index in [-0.39, 0.29) is 0 Å². The Balaban J connectivity index is 2.26. The maximum absolute atomic E-state index is 5.80. The maximum atomic E-state index is 5.80. The topological polar surface area (TPSA) is 29.3 Å². The zero-order valence-corrected chi connectivity index (χ0v) is 12.3. The van der Waals surface area contributed by atoms with Gasteiger partial charge in [-0.2, -0.15) is 0 Å². The van der Waals surface area contributed by atoms with E-state index in [0.29, 0.717) is 6.04 Å². The Kier molecular flexibility index (Phi) is 6.50. The summed E-state index contributed by atoms with van der Waals surface area (Å²) < 4.78 is 0. The summed E-state index contributed by atoms with van der Waals surface area (Å²) in [6, 6.07) is 1.94. The Morgan fingerprint density at radius 2 is 1.71 bits per heavy atom. The molecule has 4 atom stereocenters. The van der Waals surface area contributed by atoms with Crippen LogP contribution in [0.3, 0.4) is 0 Å². The van der Waals surface area contributed by atoms with E-state index in [1.54, 1.807) is 0 Å². The van der Waals surface area contributed by atoms with Crippen LogP contribution in [0.4, 0.5) is 0 Å². The second-order valence-electron chi connectivity index (χ2n) is 6.34. The zero-order valence-electron chi connectivity index (χ0n) is 12.3. The van der Waals surface area contributed by atoms with Crippen LogP contribution >= 0.6 is 0 Å². The fourth-order valence-corrected chi connectivity index (χ4v) is 3.07. The Labute approximate surface area is 108 Å². The van der Waals surface area contributed by atoms with Gasteiger partial charge in [0.25, 0.3) is 0 Å². The summed E-state index contributed by atoms with van der Waals surface area (Å²) >= 11 is 0. The number of rotatable bonds is 6. The lowest BCUT2D eigenvalue weighted by Gasteiger charge is -2.40. The van der Waals surface area contributed by atoms with Gasteiger partial charge in [0.15, 0.2) is 0 Å². The van der Waals surface area contributed by atoms with Gasteiger partial charge in [-0.25, -0.2) is 0 Å². The first-order chi connectivity index (χ1) is 8.00. The van der Waals surface area contributed by atoms with E-state index in [1.165, 1.54) is 45.1 Å². The SMILES string of the molecule is CC(N)CCCC(C)CN1[C@H](C)CCC[C@@H]1C. The van der Waals surface area contributed by atoms with Crippen molar-refractivity contribution in [2.24, 2.45) is 11.7 Å². The Morgan fingerprint density at radius 3 is 2.24 bits per heavy atom. The monoisotopic (exact) mass is 240 g/mol. The maximum Gasteiger partial charge on any atom is 0.00698 e. The smallest absolute Gasteiger partial charge is 0.00698 e. The Hall–Kier alpha value is -0.0800. The molecule has 0 saturated carbocycles. The fraction of sp³-hybridized carbons (Fsp3) is 1.00. The van der Waals surface area contributed by atoms with Gasteiger partial charge >= 0.3 is 0 Å². The summed E-state index contributed by atoms with van der Waals surface area (Å²) in [6.45, 7) is 10.6. The summed E-state index contributed by atoms with van der Waals surface area (Å²) in [4.78, 5) is 2.72. The van der Waals surface area contributed by atoms with Gasteiger partial charge in [-0.3, -0.25) is 4.90 Å². The number of hydrogen-bond acceptors (Lipinski definition) is 2. The molecule has 1 rings (SSSR count). The highest BCUT2D eigenvalue weighted by Gasteiger charge is 2.25. The zero-order chi connectivity index (χ0) is 12.8. The normalized spacial score (nSPS) is 30.2. The third-order valence-electron chi connectivity index (χ3n) is 4.25. The Morgan fingerprint density at radius 1 is 1.12 bits per heavy atom. The molecule has 0 bridgehead atoms. The van der Waals surface area contributed by atoms with E-state index >= 15 is 0 Å². The summed E-state index contributed by atoms with van der Waals surface area (Å²) in [7, 11) is 0. The second kappa shape index (κ2) is 7.38. The lowest BCUT2D eigenvalue weighted by molar-refractivity contribution is 0.0848. The quantitative estimate of drug-likeness (QED) is 0.771. The molecule has 0 radical (unpaired) electrons. The van der Waals surface area contributed by atoms with E-state index in [4.69, 9.17) is 5.73 Å². The Bertz CT molecular complexity index is 193. The minimum absolute atomic E-state index is 0.370. The molecule has 0 spiro atoms. The van der Waals surface area contributed by atoms with Gasteiger partial charge in [0.05, 0.1) is 0 Å². The number of piperidine rings is 1. The van der Waals surface area contributed by atoms with E-state index in [9.17, 15) is 0 Å². The predicted molar refractivity (Wildman–Crippen MR) is 76.1 cm³/mol. The highest BCUT2D eigenvalue weighted by molar-refractivity contribution is 4.80. The van der Waals surface area contributed by atoms with Crippen molar-refractivity contribution in [2.75, 3.05) is 6.54 Å². The molecule has 2 N–H and O–H groups in total. The van der Waals surface area contributed by atoms with Crippen molar-refractivity contribution in [1.29, 1.82) is 0 Å². The highest BCUT2D eigenvalue weighted by atomic mass is 15.2. The molecule has 2 nitrogen and oxygen atoms in total. The van der Waals surface area contributed by atoms with Crippen LogP contribution in [-0.4, -0.2) is 29.6 Å². The van der Waals surface area contributed by atoms with Crippen LogP contribution in [0.15, 0.2) is 0 Å². The number of hydrogen-bond donors (Lipinski definition) is 1. The molecule has 0 aromatic rings. The molecule has 17 heavy (non-hydrogen) atoms. The molecule has 1 saturated heterocycles. The second-order valence-corrected chi connectivity index (χ2v) is 6.34. The van der Waals surface area contributed by atoms with Crippen molar-refractivity contribution in [3.63, 3.8) is 0 Å². The van der Waals surface area contributed by atoms with Gasteiger partial charge in [0.2, 0.25) is 0 Å². The molecular formula is C15H32N2. The number of likely N-dealkylation sites (tertiary alicyclic amines) is 1. The van der Waals surface area contributed by atoms with Crippen LogP contribution < -0.4 is 5.73 Å². The van der Waals surface area contributed by atoms with E-state index < -0.39 is 0 Å². The van der Waals surface area contributed by atoms with Crippen LogP contribution in [0.25, 0.3) is 0 Å². The van der Waals surface area contributed by atoms with Crippen molar-refractivity contribution in [3.8, 4) is 0 Å². The van der Waals surface area contributed by atoms with Gasteiger partial charge in [0.1, 0.15) is 0 Å². The molecule has 1 aliphatic rings. The van der Waals surface area contributed by atoms with Gasteiger partial charge < -0.3 is 5.73 Å².